The smallest absolute Gasteiger partial charge is 0.344 e. The number of esters is 1. The summed E-state index contributed by atoms with van der Waals surface area (Å²) < 4.78 is 5.09. The molecule has 0 aliphatic rings. The molecule has 0 aliphatic carbocycles. The lowest BCUT2D eigenvalue weighted by Crippen LogP contribution is -2.20. The fourth-order valence-electron chi connectivity index (χ4n) is 2.62. The topological polar surface area (TPSA) is 59.2 Å². The standard InChI is InChI=1S/C19H17NO3/c1-3-23-19(22)16-17(13-7-5-4-6-8-13)20-15-10-9-12(2)11-14(15)18(16)21/h4-11H,3H2,1-2H3,(H,20,21). The van der Waals surface area contributed by atoms with Crippen LogP contribution in [-0.4, -0.2) is 17.6 Å². The molecule has 0 bridgehead atoms. The van der Waals surface area contributed by atoms with Gasteiger partial charge in [-0.2, -0.15) is 0 Å². The summed E-state index contributed by atoms with van der Waals surface area (Å²) in [5, 5.41) is 0.493. The Labute approximate surface area is 133 Å². The number of pyridine rings is 1. The number of H-pyrrole nitrogens is 1. The van der Waals surface area contributed by atoms with Crippen LogP contribution in [0.2, 0.25) is 0 Å². The molecule has 0 atom stereocenters. The molecule has 1 N–H and O–H groups in total. The van der Waals surface area contributed by atoms with Crippen LogP contribution < -0.4 is 5.43 Å². The van der Waals surface area contributed by atoms with Crippen LogP contribution >= 0.6 is 0 Å². The predicted octanol–water partition coefficient (Wildman–Crippen LogP) is 3.68. The van der Waals surface area contributed by atoms with E-state index in [9.17, 15) is 9.59 Å². The Bertz CT molecular complexity index is 926. The Morgan fingerprint density at radius 1 is 1.13 bits per heavy atom. The first kappa shape index (κ1) is 15.0. The van der Waals surface area contributed by atoms with Crippen LogP contribution in [0.5, 0.6) is 0 Å². The summed E-state index contributed by atoms with van der Waals surface area (Å²) in [7, 11) is 0. The number of aryl methyl sites for hydroxylation is 1. The Morgan fingerprint density at radius 2 is 1.87 bits per heavy atom. The molecule has 0 amide bonds. The molecule has 2 aromatic carbocycles. The molecule has 0 fully saturated rings. The van der Waals surface area contributed by atoms with Gasteiger partial charge in [0, 0.05) is 10.9 Å². The van der Waals surface area contributed by atoms with E-state index in [0.29, 0.717) is 16.6 Å². The van der Waals surface area contributed by atoms with Crippen LogP contribution in [0.1, 0.15) is 22.8 Å². The highest BCUT2D eigenvalue weighted by molar-refractivity contribution is 6.00. The molecule has 4 nitrogen and oxygen atoms in total. The minimum Gasteiger partial charge on any atom is -0.462 e. The number of carbonyl (C=O) groups is 1. The fourth-order valence-corrected chi connectivity index (χ4v) is 2.62. The summed E-state index contributed by atoms with van der Waals surface area (Å²) in [5.41, 5.74) is 2.68. The van der Waals surface area contributed by atoms with Crippen LogP contribution in [0.3, 0.4) is 0 Å². The minimum absolute atomic E-state index is 0.0520. The lowest BCUT2D eigenvalue weighted by molar-refractivity contribution is 0.0525. The van der Waals surface area contributed by atoms with E-state index in [1.807, 2.05) is 49.4 Å². The molecular weight excluding hydrogens is 290 g/mol. The molecule has 0 saturated carbocycles. The van der Waals surface area contributed by atoms with E-state index in [4.69, 9.17) is 4.74 Å². The summed E-state index contributed by atoms with van der Waals surface area (Å²) in [6.07, 6.45) is 0. The molecule has 23 heavy (non-hydrogen) atoms. The molecule has 4 heteroatoms. The number of hydrogen-bond donors (Lipinski definition) is 1. The van der Waals surface area contributed by atoms with E-state index in [1.165, 1.54) is 0 Å². The van der Waals surface area contributed by atoms with Gasteiger partial charge in [0.05, 0.1) is 12.3 Å². The molecule has 0 spiro atoms. The van der Waals surface area contributed by atoms with E-state index in [-0.39, 0.29) is 17.6 Å². The quantitative estimate of drug-likeness (QED) is 0.751. The normalized spacial score (nSPS) is 10.7. The zero-order valence-electron chi connectivity index (χ0n) is 13.1. The largest absolute Gasteiger partial charge is 0.462 e. The van der Waals surface area contributed by atoms with Gasteiger partial charge in [-0.25, -0.2) is 4.79 Å². The summed E-state index contributed by atoms with van der Waals surface area (Å²) in [6.45, 7) is 3.85. The van der Waals surface area contributed by atoms with Gasteiger partial charge >= 0.3 is 5.97 Å². The van der Waals surface area contributed by atoms with Crippen molar-refractivity contribution in [2.45, 2.75) is 13.8 Å². The SMILES string of the molecule is CCOC(=O)c1c(-c2ccccc2)[nH]c2ccc(C)cc2c1=O. The number of nitrogens with one attached hydrogen (secondary N) is 1. The monoisotopic (exact) mass is 307 g/mol. The molecule has 1 aromatic heterocycles. The number of rotatable bonds is 3. The van der Waals surface area contributed by atoms with Gasteiger partial charge in [-0.15, -0.1) is 0 Å². The number of fused-ring (bicyclic) bond motifs is 1. The van der Waals surface area contributed by atoms with Crippen LogP contribution in [0, 0.1) is 6.92 Å². The van der Waals surface area contributed by atoms with Gasteiger partial charge < -0.3 is 9.72 Å². The zero-order chi connectivity index (χ0) is 16.4. The van der Waals surface area contributed by atoms with Crippen LogP contribution in [-0.2, 0) is 4.74 Å². The van der Waals surface area contributed by atoms with Crippen molar-refractivity contribution in [1.29, 1.82) is 0 Å². The lowest BCUT2D eigenvalue weighted by Gasteiger charge is -2.11. The third-order valence-corrected chi connectivity index (χ3v) is 3.70. The number of aromatic amines is 1. The van der Waals surface area contributed by atoms with Gasteiger partial charge in [0.25, 0.3) is 0 Å². The predicted molar refractivity (Wildman–Crippen MR) is 90.7 cm³/mol. The molecule has 1 heterocycles. The van der Waals surface area contributed by atoms with Crippen molar-refractivity contribution in [2.24, 2.45) is 0 Å². The maximum absolute atomic E-state index is 12.9. The highest BCUT2D eigenvalue weighted by Gasteiger charge is 2.21. The Kier molecular flexibility index (Phi) is 3.98. The van der Waals surface area contributed by atoms with Crippen molar-refractivity contribution in [1.82, 2.24) is 4.98 Å². The van der Waals surface area contributed by atoms with E-state index in [2.05, 4.69) is 4.98 Å². The van der Waals surface area contributed by atoms with Crippen molar-refractivity contribution in [3.8, 4) is 11.3 Å². The minimum atomic E-state index is -0.601. The third kappa shape index (κ3) is 2.75. The zero-order valence-corrected chi connectivity index (χ0v) is 13.1. The van der Waals surface area contributed by atoms with Crippen molar-refractivity contribution < 1.29 is 9.53 Å². The average molecular weight is 307 g/mol. The maximum atomic E-state index is 12.9. The molecule has 0 aliphatic heterocycles. The van der Waals surface area contributed by atoms with Crippen molar-refractivity contribution in [3.63, 3.8) is 0 Å². The maximum Gasteiger partial charge on any atom is 0.344 e. The molecule has 3 rings (SSSR count). The first-order valence-corrected chi connectivity index (χ1v) is 7.51. The second kappa shape index (κ2) is 6.08. The number of benzene rings is 2. The van der Waals surface area contributed by atoms with Gasteiger partial charge in [0.1, 0.15) is 5.56 Å². The Balaban J connectivity index is 2.37. The average Bonchev–Trinajstić information content (AvgIpc) is 2.56. The molecule has 116 valence electrons. The van der Waals surface area contributed by atoms with Gasteiger partial charge in [0.2, 0.25) is 5.43 Å². The second-order valence-electron chi connectivity index (χ2n) is 5.34. The van der Waals surface area contributed by atoms with E-state index in [0.717, 1.165) is 11.1 Å². The Hall–Kier alpha value is -2.88. The van der Waals surface area contributed by atoms with E-state index in [1.54, 1.807) is 13.0 Å². The summed E-state index contributed by atoms with van der Waals surface area (Å²) in [5.74, 6) is -0.601. The van der Waals surface area contributed by atoms with Gasteiger partial charge in [-0.1, -0.05) is 42.0 Å². The van der Waals surface area contributed by atoms with Gasteiger partial charge in [-0.3, -0.25) is 4.79 Å². The molecule has 3 aromatic rings. The number of aromatic nitrogens is 1. The van der Waals surface area contributed by atoms with Crippen molar-refractivity contribution >= 4 is 16.9 Å². The summed E-state index contributed by atoms with van der Waals surface area (Å²) >= 11 is 0. The van der Waals surface area contributed by atoms with E-state index >= 15 is 0 Å². The molecule has 0 saturated heterocycles. The highest BCUT2D eigenvalue weighted by Crippen LogP contribution is 2.23. The lowest BCUT2D eigenvalue weighted by atomic mass is 10.0. The Morgan fingerprint density at radius 3 is 2.57 bits per heavy atom. The van der Waals surface area contributed by atoms with E-state index < -0.39 is 5.97 Å². The molecular formula is C19H17NO3. The second-order valence-corrected chi connectivity index (χ2v) is 5.34. The first-order valence-electron chi connectivity index (χ1n) is 7.51. The number of carbonyl (C=O) groups excluding carboxylic acids is 1. The van der Waals surface area contributed by atoms with Crippen LogP contribution in [0.15, 0.2) is 53.3 Å². The number of ether oxygens (including phenoxy) is 1. The van der Waals surface area contributed by atoms with Crippen molar-refractivity contribution in [2.75, 3.05) is 6.61 Å². The number of hydrogen-bond acceptors (Lipinski definition) is 3. The fraction of sp³-hybridized carbons (Fsp3) is 0.158. The summed E-state index contributed by atoms with van der Waals surface area (Å²) in [6, 6.07) is 14.9. The molecule has 0 radical (unpaired) electrons. The molecule has 0 unspecified atom stereocenters. The highest BCUT2D eigenvalue weighted by atomic mass is 16.5. The van der Waals surface area contributed by atoms with Crippen molar-refractivity contribution in [3.05, 3.63) is 69.9 Å². The van der Waals surface area contributed by atoms with Gasteiger partial charge in [0.15, 0.2) is 0 Å². The van der Waals surface area contributed by atoms with Gasteiger partial charge in [-0.05, 0) is 31.5 Å². The van der Waals surface area contributed by atoms with Crippen LogP contribution in [0.25, 0.3) is 22.2 Å². The third-order valence-electron chi connectivity index (χ3n) is 3.70. The summed E-state index contributed by atoms with van der Waals surface area (Å²) in [4.78, 5) is 28.4. The first-order chi connectivity index (χ1) is 11.1. The van der Waals surface area contributed by atoms with Crippen LogP contribution in [0.4, 0.5) is 0 Å².